The van der Waals surface area contributed by atoms with Crippen LogP contribution in [0.4, 0.5) is 34.1 Å². The van der Waals surface area contributed by atoms with Gasteiger partial charge in [-0.05, 0) is 214 Å². The van der Waals surface area contributed by atoms with Crippen LogP contribution in [0.25, 0.3) is 97.0 Å². The zero-order valence-electron chi connectivity index (χ0n) is 47.6. The molecule has 5 aliphatic rings. The molecule has 5 heteroatoms. The Hall–Kier alpha value is -9.42. The lowest BCUT2D eigenvalue weighted by atomic mass is 9.43. The van der Waals surface area contributed by atoms with Crippen LogP contribution < -0.4 is 9.80 Å². The molecule has 2 heterocycles. The number of aromatic nitrogens is 2. The molecular formula is C80H60N4S. The van der Waals surface area contributed by atoms with Crippen LogP contribution in [0.15, 0.2) is 243 Å². The van der Waals surface area contributed by atoms with Crippen LogP contribution in [0, 0.1) is 37.5 Å². The summed E-state index contributed by atoms with van der Waals surface area (Å²) in [7, 11) is 0. The van der Waals surface area contributed by atoms with Gasteiger partial charge in [0.1, 0.15) is 6.33 Å². The standard InChI is InChI=1S/C80H60N4S/c1-48-24-28-61(29-25-48)84(63-42-69(54-17-13-16-53(40-54)52-14-5-3-6-15-52)77-66-21-9-11-22-71(66)80(72(77)43-63)58-36-50-35-51(38-58)39-59(80)37-50)78-49(2)34-55-26-32-68-76-56(27-31-67(78)75(55)76)41-70(57-45-81-47-82-46-57)79(68)83(60-18-7-4-8-19-60)62-30-33-65-64-20-10-12-23-73(64)85-74(65)44-62/h3-34,40-47,50-51,58-59H,35-39H2,1-2H3. The number of benzene rings is 12. The summed E-state index contributed by atoms with van der Waals surface area (Å²) in [5.41, 5.74) is 22.3. The van der Waals surface area contributed by atoms with Crippen molar-refractivity contribution in [2.45, 2.75) is 51.4 Å². The molecule has 85 heavy (non-hydrogen) atoms. The van der Waals surface area contributed by atoms with Crippen molar-refractivity contribution in [2.75, 3.05) is 9.80 Å². The van der Waals surface area contributed by atoms with Crippen LogP contribution >= 0.6 is 11.3 Å². The Morgan fingerprint density at radius 3 is 1.79 bits per heavy atom. The van der Waals surface area contributed by atoms with Gasteiger partial charge in [0.15, 0.2) is 0 Å². The van der Waals surface area contributed by atoms with Crippen molar-refractivity contribution >= 4 is 98.0 Å². The third kappa shape index (κ3) is 7.33. The van der Waals surface area contributed by atoms with E-state index in [1.165, 1.54) is 140 Å². The number of nitrogens with zero attached hydrogens (tertiary/aromatic N) is 4. The van der Waals surface area contributed by atoms with Crippen molar-refractivity contribution < 1.29 is 0 Å². The van der Waals surface area contributed by atoms with Crippen molar-refractivity contribution in [2.24, 2.45) is 23.7 Å². The zero-order chi connectivity index (χ0) is 56.1. The number of hydrogen-bond acceptors (Lipinski definition) is 5. The lowest BCUT2D eigenvalue weighted by Crippen LogP contribution is -2.55. The summed E-state index contributed by atoms with van der Waals surface area (Å²) in [4.78, 5) is 14.4. The maximum absolute atomic E-state index is 4.65. The minimum atomic E-state index is -0.0537. The summed E-state index contributed by atoms with van der Waals surface area (Å²) in [6, 6.07) is 85.8. The number of rotatable bonds is 9. The largest absolute Gasteiger partial charge is 0.310 e. The van der Waals surface area contributed by atoms with Gasteiger partial charge in [-0.2, -0.15) is 0 Å². The van der Waals surface area contributed by atoms with E-state index < -0.39 is 0 Å². The van der Waals surface area contributed by atoms with E-state index in [0.717, 1.165) is 45.7 Å². The molecule has 4 nitrogen and oxygen atoms in total. The van der Waals surface area contributed by atoms with Crippen LogP contribution in [-0.4, -0.2) is 9.97 Å². The average Bonchev–Trinajstić information content (AvgIpc) is 1.68. The van der Waals surface area contributed by atoms with Crippen molar-refractivity contribution in [1.82, 2.24) is 9.97 Å². The molecule has 5 aliphatic carbocycles. The third-order valence-electron chi connectivity index (χ3n) is 20.5. The Kier molecular flexibility index (Phi) is 10.8. The first-order chi connectivity index (χ1) is 41.9. The number of hydrogen-bond donors (Lipinski definition) is 0. The SMILES string of the molecule is Cc1ccc(N(c2cc(-c3cccc(-c4ccccc4)c3)c3c(c2)C2(c4ccccc4-3)C3CC4CC(C3)CC2C4)c2c(C)cc3ccc4c(N(c5ccccc5)c5ccc6c(c5)sc5ccccc56)c(-c5cncnc5)cc5ccc2c3c54)cc1. The predicted molar refractivity (Wildman–Crippen MR) is 357 cm³/mol. The molecule has 14 aromatic rings. The van der Waals surface area contributed by atoms with Gasteiger partial charge in [-0.15, -0.1) is 11.3 Å². The van der Waals surface area contributed by atoms with Crippen molar-refractivity contribution in [1.29, 1.82) is 0 Å². The maximum atomic E-state index is 4.65. The van der Waals surface area contributed by atoms with Crippen LogP contribution in [0.5, 0.6) is 0 Å². The highest BCUT2D eigenvalue weighted by molar-refractivity contribution is 7.25. The Bertz CT molecular complexity index is 4960. The lowest BCUT2D eigenvalue weighted by molar-refractivity contribution is -0.0399. The Morgan fingerprint density at radius 1 is 0.400 bits per heavy atom. The second kappa shape index (κ2) is 18.8. The summed E-state index contributed by atoms with van der Waals surface area (Å²) in [5, 5.41) is 9.89. The van der Waals surface area contributed by atoms with E-state index in [0.29, 0.717) is 11.8 Å². The van der Waals surface area contributed by atoms with Gasteiger partial charge in [0.05, 0.1) is 11.4 Å². The Labute approximate surface area is 499 Å². The van der Waals surface area contributed by atoms with E-state index in [4.69, 9.17) is 0 Å². The summed E-state index contributed by atoms with van der Waals surface area (Å²) in [5.74, 6) is 2.89. The van der Waals surface area contributed by atoms with Gasteiger partial charge in [-0.1, -0.05) is 157 Å². The Balaban J connectivity index is 0.919. The van der Waals surface area contributed by atoms with E-state index in [-0.39, 0.29) is 5.41 Å². The first-order valence-electron chi connectivity index (χ1n) is 30.5. The molecule has 1 spiro atoms. The molecule has 0 amide bonds. The van der Waals surface area contributed by atoms with Crippen LogP contribution in [0.3, 0.4) is 0 Å². The lowest BCUT2D eigenvalue weighted by Gasteiger charge is -2.61. The van der Waals surface area contributed by atoms with Crippen LogP contribution in [0.1, 0.15) is 54.4 Å². The van der Waals surface area contributed by atoms with Gasteiger partial charge < -0.3 is 9.80 Å². The summed E-state index contributed by atoms with van der Waals surface area (Å²) >= 11 is 1.86. The predicted octanol–water partition coefficient (Wildman–Crippen LogP) is 22.0. The topological polar surface area (TPSA) is 32.3 Å². The molecule has 2 aromatic heterocycles. The van der Waals surface area contributed by atoms with E-state index in [2.05, 4.69) is 258 Å². The monoisotopic (exact) mass is 1110 g/mol. The summed E-state index contributed by atoms with van der Waals surface area (Å²) < 4.78 is 2.55. The number of thiophene rings is 1. The highest BCUT2D eigenvalue weighted by atomic mass is 32.1. The second-order valence-corrected chi connectivity index (χ2v) is 26.2. The molecule has 4 saturated carbocycles. The fourth-order valence-electron chi connectivity index (χ4n) is 17.3. The molecule has 406 valence electrons. The fraction of sp³-hybridized carbons (Fsp3) is 0.150. The molecule has 0 atom stereocenters. The first-order valence-corrected chi connectivity index (χ1v) is 31.3. The molecule has 12 aromatic carbocycles. The fourth-order valence-corrected chi connectivity index (χ4v) is 18.5. The molecule has 4 bridgehead atoms. The van der Waals surface area contributed by atoms with Gasteiger partial charge in [0.25, 0.3) is 0 Å². The van der Waals surface area contributed by atoms with Gasteiger partial charge in [0, 0.05) is 82.6 Å². The highest BCUT2D eigenvalue weighted by Gasteiger charge is 2.62. The quantitative estimate of drug-likeness (QED) is 0.135. The minimum Gasteiger partial charge on any atom is -0.310 e. The number of aryl methyl sites for hydroxylation is 2. The smallest absolute Gasteiger partial charge is 0.115 e. The van der Waals surface area contributed by atoms with E-state index in [9.17, 15) is 0 Å². The number of para-hydroxylation sites is 1. The Morgan fingerprint density at radius 2 is 1.01 bits per heavy atom. The van der Waals surface area contributed by atoms with Crippen molar-refractivity contribution in [3.05, 3.63) is 265 Å². The zero-order valence-corrected chi connectivity index (χ0v) is 48.5. The molecular weight excluding hydrogens is 1050 g/mol. The third-order valence-corrected chi connectivity index (χ3v) is 21.6. The van der Waals surface area contributed by atoms with E-state index in [1.807, 2.05) is 23.7 Å². The second-order valence-electron chi connectivity index (χ2n) is 25.1. The van der Waals surface area contributed by atoms with Crippen molar-refractivity contribution in [3.8, 4) is 44.5 Å². The highest BCUT2D eigenvalue weighted by Crippen LogP contribution is 2.71. The van der Waals surface area contributed by atoms with Crippen molar-refractivity contribution in [3.63, 3.8) is 0 Å². The molecule has 4 fully saturated rings. The van der Waals surface area contributed by atoms with E-state index in [1.54, 1.807) is 17.5 Å². The number of anilines is 6. The molecule has 0 saturated heterocycles. The first kappa shape index (κ1) is 49.0. The van der Waals surface area contributed by atoms with E-state index >= 15 is 0 Å². The van der Waals surface area contributed by atoms with Gasteiger partial charge in [-0.25, -0.2) is 9.97 Å². The molecule has 0 aliphatic heterocycles. The summed E-state index contributed by atoms with van der Waals surface area (Å²) in [6.07, 6.45) is 12.3. The van der Waals surface area contributed by atoms with Gasteiger partial charge in [-0.3, -0.25) is 0 Å². The normalized spacial score (nSPS) is 19.2. The maximum Gasteiger partial charge on any atom is 0.115 e. The molecule has 0 unspecified atom stereocenters. The molecule has 19 rings (SSSR count). The van der Waals surface area contributed by atoms with Crippen LogP contribution in [0.2, 0.25) is 0 Å². The minimum absolute atomic E-state index is 0.0537. The van der Waals surface area contributed by atoms with Gasteiger partial charge >= 0.3 is 0 Å². The summed E-state index contributed by atoms with van der Waals surface area (Å²) in [6.45, 7) is 4.56. The molecule has 0 radical (unpaired) electrons. The molecule has 0 N–H and O–H groups in total. The number of fused-ring (bicyclic) bond motifs is 6. The average molecular weight is 1110 g/mol. The van der Waals surface area contributed by atoms with Gasteiger partial charge in [0.2, 0.25) is 0 Å². The van der Waals surface area contributed by atoms with Crippen LogP contribution in [-0.2, 0) is 5.41 Å².